The molecule has 0 saturated heterocycles. The molecule has 1 heterocycles. The Balaban J connectivity index is 2.01. The van der Waals surface area contributed by atoms with E-state index in [4.69, 9.17) is 4.74 Å². The van der Waals surface area contributed by atoms with Crippen LogP contribution in [0.4, 0.5) is 0 Å². The van der Waals surface area contributed by atoms with Crippen LogP contribution in [0.1, 0.15) is 57.6 Å². The summed E-state index contributed by atoms with van der Waals surface area (Å²) < 4.78 is 5.61. The number of nitrogens with zero attached hydrogens (tertiary/aromatic N) is 1. The predicted octanol–water partition coefficient (Wildman–Crippen LogP) is 3.79. The van der Waals surface area contributed by atoms with E-state index in [-0.39, 0.29) is 6.10 Å². The molecule has 104 valence electrons. The number of allylic oxidation sites excluding steroid dienone is 1. The molecule has 3 heteroatoms. The monoisotopic (exact) mass is 261 g/mol. The number of rotatable bonds is 5. The highest BCUT2D eigenvalue weighted by atomic mass is 16.5. The highest BCUT2D eigenvalue weighted by Gasteiger charge is 2.13. The van der Waals surface area contributed by atoms with Gasteiger partial charge in [0.2, 0.25) is 0 Å². The van der Waals surface area contributed by atoms with Crippen molar-refractivity contribution in [3.05, 3.63) is 35.7 Å². The van der Waals surface area contributed by atoms with Gasteiger partial charge in [-0.3, -0.25) is 4.98 Å². The van der Waals surface area contributed by atoms with E-state index in [0.29, 0.717) is 6.42 Å². The molecule has 1 aliphatic carbocycles. The van der Waals surface area contributed by atoms with Gasteiger partial charge in [-0.15, -0.1) is 0 Å². The Kier molecular flexibility index (Phi) is 4.97. The predicted molar refractivity (Wildman–Crippen MR) is 76.1 cm³/mol. The third-order valence-electron chi connectivity index (χ3n) is 3.33. The van der Waals surface area contributed by atoms with Gasteiger partial charge in [-0.05, 0) is 52.0 Å². The van der Waals surface area contributed by atoms with Crippen LogP contribution in [0.3, 0.4) is 0 Å². The molecule has 1 unspecified atom stereocenters. The Morgan fingerprint density at radius 2 is 2.16 bits per heavy atom. The summed E-state index contributed by atoms with van der Waals surface area (Å²) in [5.74, 6) is 0.726. The molecule has 0 aromatic carbocycles. The lowest BCUT2D eigenvalue weighted by Crippen LogP contribution is -2.07. The Morgan fingerprint density at radius 3 is 2.84 bits per heavy atom. The number of hydrogen-bond acceptors (Lipinski definition) is 3. The lowest BCUT2D eigenvalue weighted by atomic mass is 9.93. The average molecular weight is 261 g/mol. The lowest BCUT2D eigenvalue weighted by molar-refractivity contribution is 0.174. The SMILES string of the molecule is CC(C)Oc1cncc(C(O)CC2=CCCCC2)c1. The second kappa shape index (κ2) is 6.71. The molecule has 0 radical (unpaired) electrons. The summed E-state index contributed by atoms with van der Waals surface area (Å²) in [6.07, 6.45) is 10.8. The maximum absolute atomic E-state index is 10.3. The van der Waals surface area contributed by atoms with Crippen LogP contribution in [0.15, 0.2) is 30.1 Å². The summed E-state index contributed by atoms with van der Waals surface area (Å²) in [5, 5.41) is 10.3. The van der Waals surface area contributed by atoms with Crippen LogP contribution in [-0.4, -0.2) is 16.2 Å². The maximum atomic E-state index is 10.3. The lowest BCUT2D eigenvalue weighted by Gasteiger charge is -2.17. The molecule has 1 aromatic rings. The fourth-order valence-corrected chi connectivity index (χ4v) is 2.41. The van der Waals surface area contributed by atoms with Crippen molar-refractivity contribution in [2.75, 3.05) is 0 Å². The van der Waals surface area contributed by atoms with Gasteiger partial charge in [0.25, 0.3) is 0 Å². The van der Waals surface area contributed by atoms with Gasteiger partial charge in [0, 0.05) is 11.8 Å². The van der Waals surface area contributed by atoms with E-state index >= 15 is 0 Å². The van der Waals surface area contributed by atoms with Crippen molar-refractivity contribution in [1.29, 1.82) is 0 Å². The van der Waals surface area contributed by atoms with Crippen molar-refractivity contribution in [2.24, 2.45) is 0 Å². The van der Waals surface area contributed by atoms with Crippen LogP contribution >= 0.6 is 0 Å². The summed E-state index contributed by atoms with van der Waals surface area (Å²) in [7, 11) is 0. The van der Waals surface area contributed by atoms with Crippen molar-refractivity contribution in [1.82, 2.24) is 4.98 Å². The molecular weight excluding hydrogens is 238 g/mol. The van der Waals surface area contributed by atoms with Crippen LogP contribution in [0.25, 0.3) is 0 Å². The van der Waals surface area contributed by atoms with Crippen LogP contribution in [0.5, 0.6) is 5.75 Å². The zero-order valence-electron chi connectivity index (χ0n) is 11.8. The van der Waals surface area contributed by atoms with Gasteiger partial charge in [0.15, 0.2) is 0 Å². The fourth-order valence-electron chi connectivity index (χ4n) is 2.41. The van der Waals surface area contributed by atoms with Gasteiger partial charge in [-0.1, -0.05) is 11.6 Å². The minimum absolute atomic E-state index is 0.121. The van der Waals surface area contributed by atoms with Crippen LogP contribution in [0, 0.1) is 0 Å². The summed E-state index contributed by atoms with van der Waals surface area (Å²) in [5.41, 5.74) is 2.21. The molecule has 1 aromatic heterocycles. The highest BCUT2D eigenvalue weighted by molar-refractivity contribution is 5.26. The molecule has 3 nitrogen and oxygen atoms in total. The Labute approximate surface area is 115 Å². The number of hydrogen-bond donors (Lipinski definition) is 1. The summed E-state index contributed by atoms with van der Waals surface area (Å²) in [4.78, 5) is 4.15. The van der Waals surface area contributed by atoms with Gasteiger partial charge in [-0.25, -0.2) is 0 Å². The first-order valence-electron chi connectivity index (χ1n) is 7.12. The number of aliphatic hydroxyl groups excluding tert-OH is 1. The van der Waals surface area contributed by atoms with E-state index in [1.54, 1.807) is 12.4 Å². The van der Waals surface area contributed by atoms with Gasteiger partial charge in [0.1, 0.15) is 5.75 Å². The normalized spacial score (nSPS) is 17.2. The van der Waals surface area contributed by atoms with E-state index in [1.165, 1.54) is 18.4 Å². The zero-order valence-corrected chi connectivity index (χ0v) is 11.8. The molecule has 2 rings (SSSR count). The molecule has 0 bridgehead atoms. The summed E-state index contributed by atoms with van der Waals surface area (Å²) in [6, 6.07) is 1.89. The standard InChI is InChI=1S/C16H23NO2/c1-12(2)19-15-9-14(10-17-11-15)16(18)8-13-6-4-3-5-7-13/h6,9-12,16,18H,3-5,7-8H2,1-2H3. The quantitative estimate of drug-likeness (QED) is 0.820. The number of pyridine rings is 1. The first-order valence-corrected chi connectivity index (χ1v) is 7.12. The molecule has 0 amide bonds. The van der Waals surface area contributed by atoms with Gasteiger partial charge in [-0.2, -0.15) is 0 Å². The Bertz CT molecular complexity index is 440. The van der Waals surface area contributed by atoms with E-state index in [0.717, 1.165) is 24.2 Å². The Hall–Kier alpha value is -1.35. The van der Waals surface area contributed by atoms with Crippen molar-refractivity contribution >= 4 is 0 Å². The fraction of sp³-hybridized carbons (Fsp3) is 0.562. The highest BCUT2D eigenvalue weighted by Crippen LogP contribution is 2.28. The first-order chi connectivity index (χ1) is 9.15. The minimum atomic E-state index is -0.479. The smallest absolute Gasteiger partial charge is 0.138 e. The molecule has 1 aliphatic rings. The third kappa shape index (κ3) is 4.35. The number of aromatic nitrogens is 1. The van der Waals surface area contributed by atoms with Crippen molar-refractivity contribution in [3.8, 4) is 5.75 Å². The summed E-state index contributed by atoms with van der Waals surface area (Å²) >= 11 is 0. The molecular formula is C16H23NO2. The average Bonchev–Trinajstić information content (AvgIpc) is 2.39. The second-order valence-electron chi connectivity index (χ2n) is 5.45. The molecule has 1 atom stereocenters. The first kappa shape index (κ1) is 14.1. The van der Waals surface area contributed by atoms with Crippen LogP contribution in [0.2, 0.25) is 0 Å². The van der Waals surface area contributed by atoms with Crippen molar-refractivity contribution < 1.29 is 9.84 Å². The molecule has 0 fully saturated rings. The van der Waals surface area contributed by atoms with E-state index < -0.39 is 6.10 Å². The minimum Gasteiger partial charge on any atom is -0.489 e. The molecule has 1 N–H and O–H groups in total. The number of ether oxygens (including phenoxy) is 1. The van der Waals surface area contributed by atoms with Gasteiger partial charge < -0.3 is 9.84 Å². The topological polar surface area (TPSA) is 42.4 Å². The molecule has 0 saturated carbocycles. The second-order valence-corrected chi connectivity index (χ2v) is 5.45. The van der Waals surface area contributed by atoms with Gasteiger partial charge >= 0.3 is 0 Å². The summed E-state index contributed by atoms with van der Waals surface area (Å²) in [6.45, 7) is 3.96. The Morgan fingerprint density at radius 1 is 1.32 bits per heavy atom. The number of aliphatic hydroxyl groups is 1. The van der Waals surface area contributed by atoms with Crippen molar-refractivity contribution in [3.63, 3.8) is 0 Å². The van der Waals surface area contributed by atoms with Crippen LogP contribution < -0.4 is 4.74 Å². The van der Waals surface area contributed by atoms with E-state index in [2.05, 4.69) is 11.1 Å². The zero-order chi connectivity index (χ0) is 13.7. The van der Waals surface area contributed by atoms with E-state index in [9.17, 15) is 5.11 Å². The third-order valence-corrected chi connectivity index (χ3v) is 3.33. The molecule has 19 heavy (non-hydrogen) atoms. The molecule has 0 aliphatic heterocycles. The van der Waals surface area contributed by atoms with Crippen molar-refractivity contribution in [2.45, 2.75) is 58.2 Å². The van der Waals surface area contributed by atoms with E-state index in [1.807, 2.05) is 19.9 Å². The van der Waals surface area contributed by atoms with Gasteiger partial charge in [0.05, 0.1) is 18.4 Å². The molecule has 0 spiro atoms. The van der Waals surface area contributed by atoms with Crippen LogP contribution in [-0.2, 0) is 0 Å². The largest absolute Gasteiger partial charge is 0.489 e. The maximum Gasteiger partial charge on any atom is 0.138 e.